The number of halogens is 3. The van der Waals surface area contributed by atoms with Gasteiger partial charge in [0.05, 0.1) is 24.5 Å². The van der Waals surface area contributed by atoms with Crippen molar-refractivity contribution >= 4 is 23.8 Å². The number of hydrogen-bond donors (Lipinski definition) is 3. The maximum Gasteiger partial charge on any atom is 0.416 e. The molecule has 202 valence electrons. The molecule has 1 saturated carbocycles. The second-order valence-electron chi connectivity index (χ2n) is 10.8. The highest BCUT2D eigenvalue weighted by atomic mass is 19.4. The second-order valence-corrected chi connectivity index (χ2v) is 10.8. The third-order valence-corrected chi connectivity index (χ3v) is 8.17. The van der Waals surface area contributed by atoms with Crippen LogP contribution in [0.25, 0.3) is 0 Å². The summed E-state index contributed by atoms with van der Waals surface area (Å²) in [6, 6.07) is 9.50. The summed E-state index contributed by atoms with van der Waals surface area (Å²) in [4.78, 5) is 18.5. The van der Waals surface area contributed by atoms with Crippen LogP contribution in [0.1, 0.15) is 71.3 Å². The van der Waals surface area contributed by atoms with E-state index in [4.69, 9.17) is 10.8 Å². The third-order valence-electron chi connectivity index (χ3n) is 8.17. The number of alkyl halides is 3. The van der Waals surface area contributed by atoms with Crippen molar-refractivity contribution in [3.8, 4) is 0 Å². The van der Waals surface area contributed by atoms with Crippen molar-refractivity contribution in [1.29, 1.82) is 10.8 Å². The number of amidine groups is 1. The molecule has 3 N–H and O–H groups in total. The summed E-state index contributed by atoms with van der Waals surface area (Å²) in [5.74, 6) is -0.226. The molecule has 0 aromatic heterocycles. The first-order valence-electron chi connectivity index (χ1n) is 13.0. The van der Waals surface area contributed by atoms with Crippen LogP contribution in [-0.2, 0) is 19.3 Å². The van der Waals surface area contributed by atoms with Gasteiger partial charge in [0.15, 0.2) is 0 Å². The molecule has 2 aliphatic heterocycles. The summed E-state index contributed by atoms with van der Waals surface area (Å²) < 4.78 is 42.4. The lowest BCUT2D eigenvalue weighted by molar-refractivity contribution is -0.138. The predicted molar refractivity (Wildman–Crippen MR) is 141 cm³/mol. The average Bonchev–Trinajstić information content (AvgIpc) is 3.17. The Bertz CT molecular complexity index is 1270. The van der Waals surface area contributed by atoms with Crippen LogP contribution in [0.4, 0.5) is 18.9 Å². The minimum atomic E-state index is -4.58. The molecule has 5 rings (SSSR count). The number of rotatable bonds is 8. The Labute approximate surface area is 220 Å². The van der Waals surface area contributed by atoms with E-state index in [1.807, 2.05) is 6.07 Å². The Morgan fingerprint density at radius 3 is 2.53 bits per heavy atom. The SMILES string of the molecule is CN(C=N)C(=N)C(c1cccc(N2Cc3c(cc(CNC4(C)CCC4)cc3C(F)(F)F)C2=O)c1)N1CCC1. The van der Waals surface area contributed by atoms with Crippen molar-refractivity contribution in [2.75, 3.05) is 25.0 Å². The van der Waals surface area contributed by atoms with Crippen LogP contribution in [0, 0.1) is 10.8 Å². The van der Waals surface area contributed by atoms with E-state index in [9.17, 15) is 18.0 Å². The first-order chi connectivity index (χ1) is 18.0. The Kier molecular flexibility index (Phi) is 6.81. The van der Waals surface area contributed by atoms with Crippen LogP contribution >= 0.6 is 0 Å². The van der Waals surface area contributed by atoms with Gasteiger partial charge in [0.1, 0.15) is 5.84 Å². The molecular formula is C28H33F3N6O. The smallest absolute Gasteiger partial charge is 0.323 e. The summed E-state index contributed by atoms with van der Waals surface area (Å²) in [5.41, 5.74) is 0.979. The Hall–Kier alpha value is -3.24. The third kappa shape index (κ3) is 4.82. The van der Waals surface area contributed by atoms with E-state index >= 15 is 0 Å². The molecule has 7 nitrogen and oxygen atoms in total. The Morgan fingerprint density at radius 1 is 1.21 bits per heavy atom. The van der Waals surface area contributed by atoms with Crippen molar-refractivity contribution in [3.05, 3.63) is 64.2 Å². The van der Waals surface area contributed by atoms with Crippen LogP contribution in [0.15, 0.2) is 36.4 Å². The minimum Gasteiger partial charge on any atom is -0.323 e. The van der Waals surface area contributed by atoms with Gasteiger partial charge in [-0.25, -0.2) is 0 Å². The number of benzene rings is 2. The number of likely N-dealkylation sites (tertiary alicyclic amines) is 1. The molecule has 1 unspecified atom stereocenters. The Balaban J connectivity index is 1.46. The first-order valence-corrected chi connectivity index (χ1v) is 13.0. The molecule has 1 amide bonds. The number of nitrogens with one attached hydrogen (secondary N) is 3. The van der Waals surface area contributed by atoms with Gasteiger partial charge in [-0.15, -0.1) is 0 Å². The summed E-state index contributed by atoms with van der Waals surface area (Å²) in [5, 5.41) is 19.5. The zero-order chi connectivity index (χ0) is 27.2. The molecule has 1 aliphatic carbocycles. The van der Waals surface area contributed by atoms with E-state index in [1.165, 1.54) is 15.9 Å². The highest BCUT2D eigenvalue weighted by molar-refractivity contribution is 6.10. The summed E-state index contributed by atoms with van der Waals surface area (Å²) in [6.07, 6.45) is 0.582. The van der Waals surface area contributed by atoms with Gasteiger partial charge in [0.2, 0.25) is 0 Å². The number of likely N-dealkylation sites (N-methyl/N-ethyl adjacent to an activating group) is 1. The fourth-order valence-electron chi connectivity index (χ4n) is 5.50. The largest absolute Gasteiger partial charge is 0.416 e. The normalized spacial score (nSPS) is 19.4. The first kappa shape index (κ1) is 26.4. The lowest BCUT2D eigenvalue weighted by Crippen LogP contribution is -2.47. The number of fused-ring (bicyclic) bond motifs is 1. The van der Waals surface area contributed by atoms with E-state index in [-0.39, 0.29) is 35.6 Å². The van der Waals surface area contributed by atoms with Crippen LogP contribution in [0.3, 0.4) is 0 Å². The molecule has 0 radical (unpaired) electrons. The maximum absolute atomic E-state index is 14.1. The molecule has 0 bridgehead atoms. The zero-order valence-corrected chi connectivity index (χ0v) is 21.7. The van der Waals surface area contributed by atoms with E-state index < -0.39 is 23.7 Å². The van der Waals surface area contributed by atoms with Gasteiger partial charge in [-0.1, -0.05) is 12.1 Å². The number of amides is 1. The number of hydrogen-bond acceptors (Lipinski definition) is 5. The van der Waals surface area contributed by atoms with Gasteiger partial charge in [-0.2, -0.15) is 13.2 Å². The molecule has 1 saturated heterocycles. The van der Waals surface area contributed by atoms with Crippen molar-refractivity contribution in [2.45, 2.75) is 63.5 Å². The molecule has 2 fully saturated rings. The minimum absolute atomic E-state index is 0.00193. The van der Waals surface area contributed by atoms with Gasteiger partial charge >= 0.3 is 6.18 Å². The molecule has 3 aliphatic rings. The van der Waals surface area contributed by atoms with Crippen molar-refractivity contribution in [2.24, 2.45) is 0 Å². The van der Waals surface area contributed by atoms with Gasteiger partial charge in [-0.3, -0.25) is 20.5 Å². The Morgan fingerprint density at radius 2 is 1.95 bits per heavy atom. The number of carbonyl (C=O) groups is 1. The molecule has 1 atom stereocenters. The highest BCUT2D eigenvalue weighted by Crippen LogP contribution is 2.40. The van der Waals surface area contributed by atoms with Gasteiger partial charge in [0, 0.05) is 43.5 Å². The molecular weight excluding hydrogens is 493 g/mol. The lowest BCUT2D eigenvalue weighted by Gasteiger charge is -2.40. The van der Waals surface area contributed by atoms with E-state index in [1.54, 1.807) is 31.3 Å². The van der Waals surface area contributed by atoms with E-state index in [0.29, 0.717) is 11.3 Å². The van der Waals surface area contributed by atoms with Crippen molar-refractivity contribution < 1.29 is 18.0 Å². The number of nitrogens with zero attached hydrogens (tertiary/aromatic N) is 3. The topological polar surface area (TPSA) is 86.5 Å². The summed E-state index contributed by atoms with van der Waals surface area (Å²) in [7, 11) is 1.64. The second kappa shape index (κ2) is 9.81. The van der Waals surface area contributed by atoms with Gasteiger partial charge in [-0.05, 0) is 73.6 Å². The van der Waals surface area contributed by atoms with E-state index in [2.05, 4.69) is 17.1 Å². The van der Waals surface area contributed by atoms with Crippen molar-refractivity contribution in [1.82, 2.24) is 15.1 Å². The molecule has 0 spiro atoms. The van der Waals surface area contributed by atoms with E-state index in [0.717, 1.165) is 50.7 Å². The predicted octanol–water partition coefficient (Wildman–Crippen LogP) is 5.16. The lowest BCUT2D eigenvalue weighted by atomic mass is 9.78. The van der Waals surface area contributed by atoms with Gasteiger partial charge < -0.3 is 15.1 Å². The highest BCUT2D eigenvalue weighted by Gasteiger charge is 2.41. The average molecular weight is 527 g/mol. The van der Waals surface area contributed by atoms with Gasteiger partial charge in [0.25, 0.3) is 5.91 Å². The van der Waals surface area contributed by atoms with Crippen LogP contribution in [0.2, 0.25) is 0 Å². The number of anilines is 1. The van der Waals surface area contributed by atoms with Crippen LogP contribution < -0.4 is 10.2 Å². The van der Waals surface area contributed by atoms with Crippen LogP contribution in [-0.4, -0.2) is 53.6 Å². The summed E-state index contributed by atoms with van der Waals surface area (Å²) in [6.45, 7) is 3.80. The maximum atomic E-state index is 14.1. The van der Waals surface area contributed by atoms with Crippen LogP contribution in [0.5, 0.6) is 0 Å². The quantitative estimate of drug-likeness (QED) is 0.328. The molecule has 38 heavy (non-hydrogen) atoms. The molecule has 10 heteroatoms. The number of carbonyl (C=O) groups excluding carboxylic acids is 1. The summed E-state index contributed by atoms with van der Waals surface area (Å²) >= 11 is 0. The molecule has 2 aromatic rings. The van der Waals surface area contributed by atoms with Crippen molar-refractivity contribution in [3.63, 3.8) is 0 Å². The molecule has 2 heterocycles. The zero-order valence-electron chi connectivity index (χ0n) is 21.7. The molecule has 2 aromatic carbocycles. The monoisotopic (exact) mass is 526 g/mol. The fraction of sp³-hybridized carbons (Fsp3) is 0.464. The fourth-order valence-corrected chi connectivity index (χ4v) is 5.50. The standard InChI is InChI=1S/C28H33F3N6O/c1-27(8-4-9-27)34-15-18-12-21-22(23(13-18)28(29,30)31)16-37(26(21)38)20-7-3-6-19(14-20)24(36-10-5-11-36)25(33)35(2)17-32/h3,6-7,12-14,17,24,32-34H,4-5,8-11,15-16H2,1-2H3.